The van der Waals surface area contributed by atoms with Crippen LogP contribution in [0.5, 0.6) is 0 Å². The molecule has 2 nitrogen and oxygen atoms in total. The van der Waals surface area contributed by atoms with Crippen LogP contribution in [0.3, 0.4) is 0 Å². The average Bonchev–Trinajstić information content (AvgIpc) is 2.58. The van der Waals surface area contributed by atoms with Crippen LogP contribution < -0.4 is 0 Å². The molecule has 0 saturated heterocycles. The van der Waals surface area contributed by atoms with E-state index >= 15 is 0 Å². The fourth-order valence-electron chi connectivity index (χ4n) is 1.56. The molecular weight excluding hydrogens is 205 g/mol. The highest BCUT2D eigenvalue weighted by molar-refractivity contribution is 7.51. The lowest BCUT2D eigenvalue weighted by atomic mass is 10.3. The SMILES string of the molecule is CC(C)(C)P(O)n1ccc2ccccc21. The fourth-order valence-corrected chi connectivity index (χ4v) is 2.78. The fraction of sp³-hybridized carbons (Fsp3) is 0.333. The number of aromatic nitrogens is 1. The van der Waals surface area contributed by atoms with Crippen LogP contribution in [0.25, 0.3) is 10.9 Å². The molecule has 1 aromatic heterocycles. The minimum absolute atomic E-state index is 0.0862. The van der Waals surface area contributed by atoms with Crippen molar-refractivity contribution in [3.8, 4) is 0 Å². The lowest BCUT2D eigenvalue weighted by Gasteiger charge is -2.26. The number of para-hydroxylation sites is 1. The first-order valence-electron chi connectivity index (χ1n) is 5.05. The van der Waals surface area contributed by atoms with Crippen molar-refractivity contribution >= 4 is 19.2 Å². The summed E-state index contributed by atoms with van der Waals surface area (Å²) in [6, 6.07) is 10.2. The summed E-state index contributed by atoms with van der Waals surface area (Å²) in [7, 11) is -1.16. The molecule has 3 heteroatoms. The molecule has 1 unspecified atom stereocenters. The molecular formula is C12H16NOP. The summed E-state index contributed by atoms with van der Waals surface area (Å²) in [5.41, 5.74) is 1.11. The van der Waals surface area contributed by atoms with E-state index < -0.39 is 8.30 Å². The number of benzene rings is 1. The van der Waals surface area contributed by atoms with Gasteiger partial charge in [-0.3, -0.25) is 0 Å². The van der Waals surface area contributed by atoms with Gasteiger partial charge in [-0.25, -0.2) is 0 Å². The van der Waals surface area contributed by atoms with E-state index in [9.17, 15) is 4.89 Å². The summed E-state index contributed by atoms with van der Waals surface area (Å²) in [5.74, 6) is 0. The lowest BCUT2D eigenvalue weighted by Crippen LogP contribution is -2.14. The molecule has 15 heavy (non-hydrogen) atoms. The van der Waals surface area contributed by atoms with Gasteiger partial charge in [0.25, 0.3) is 0 Å². The normalized spacial score (nSPS) is 14.4. The standard InChI is InChI=1S/C12H16NOP/c1-12(2,3)15(14)13-9-8-10-6-4-5-7-11(10)13/h4-9,14H,1-3H3. The molecule has 80 valence electrons. The Labute approximate surface area is 91.4 Å². The second kappa shape index (κ2) is 3.62. The quantitative estimate of drug-likeness (QED) is 0.731. The molecule has 0 amide bonds. The summed E-state index contributed by atoms with van der Waals surface area (Å²) in [6.07, 6.45) is 1.97. The van der Waals surface area contributed by atoms with Crippen LogP contribution >= 0.6 is 8.30 Å². The third kappa shape index (κ3) is 1.92. The van der Waals surface area contributed by atoms with Crippen molar-refractivity contribution < 1.29 is 4.89 Å². The first-order chi connectivity index (χ1) is 7.00. The van der Waals surface area contributed by atoms with Crippen LogP contribution in [0.1, 0.15) is 20.8 Å². The maximum Gasteiger partial charge on any atom is 0.139 e. The van der Waals surface area contributed by atoms with E-state index in [-0.39, 0.29) is 5.16 Å². The first kappa shape index (κ1) is 10.7. The number of hydrogen-bond donors (Lipinski definition) is 1. The van der Waals surface area contributed by atoms with E-state index in [2.05, 4.69) is 26.8 Å². The maximum atomic E-state index is 10.3. The van der Waals surface area contributed by atoms with Crippen LogP contribution in [0, 0.1) is 0 Å². The van der Waals surface area contributed by atoms with Gasteiger partial charge in [0, 0.05) is 11.4 Å². The number of hydrogen-bond acceptors (Lipinski definition) is 1. The van der Waals surface area contributed by atoms with Gasteiger partial charge in [0.05, 0.1) is 5.52 Å². The molecule has 0 aliphatic carbocycles. The second-order valence-corrected chi connectivity index (χ2v) is 7.03. The highest BCUT2D eigenvalue weighted by Crippen LogP contribution is 2.48. The lowest BCUT2D eigenvalue weighted by molar-refractivity contribution is 0.567. The zero-order valence-corrected chi connectivity index (χ0v) is 10.2. The van der Waals surface area contributed by atoms with Gasteiger partial charge in [0.2, 0.25) is 0 Å². The Hall–Kier alpha value is -0.850. The molecule has 0 bridgehead atoms. The predicted octanol–water partition coefficient (Wildman–Crippen LogP) is 3.59. The minimum atomic E-state index is -1.16. The molecule has 0 fully saturated rings. The van der Waals surface area contributed by atoms with E-state index in [1.807, 2.05) is 34.8 Å². The Bertz CT molecular complexity index is 470. The van der Waals surface area contributed by atoms with Crippen LogP contribution in [-0.2, 0) is 0 Å². The molecule has 2 aromatic rings. The Kier molecular flexibility index (Phi) is 2.57. The minimum Gasteiger partial charge on any atom is -0.354 e. The molecule has 0 radical (unpaired) electrons. The van der Waals surface area contributed by atoms with Gasteiger partial charge in [-0.2, -0.15) is 0 Å². The zero-order chi connectivity index (χ0) is 11.1. The van der Waals surface area contributed by atoms with Crippen molar-refractivity contribution in [2.45, 2.75) is 25.9 Å². The number of nitrogens with zero attached hydrogens (tertiary/aromatic N) is 1. The largest absolute Gasteiger partial charge is 0.354 e. The summed E-state index contributed by atoms with van der Waals surface area (Å²) in [6.45, 7) is 6.19. The maximum absolute atomic E-state index is 10.3. The van der Waals surface area contributed by atoms with Gasteiger partial charge in [-0.05, 0) is 17.5 Å². The molecule has 0 saturated carbocycles. The number of rotatable bonds is 1. The van der Waals surface area contributed by atoms with Gasteiger partial charge in [0.1, 0.15) is 8.30 Å². The third-order valence-corrected chi connectivity index (χ3v) is 4.34. The van der Waals surface area contributed by atoms with Gasteiger partial charge >= 0.3 is 0 Å². The molecule has 1 N–H and O–H groups in total. The second-order valence-electron chi connectivity index (χ2n) is 4.68. The highest BCUT2D eigenvalue weighted by atomic mass is 31.2. The zero-order valence-electron chi connectivity index (χ0n) is 9.31. The topological polar surface area (TPSA) is 25.2 Å². The van der Waals surface area contributed by atoms with Crippen molar-refractivity contribution in [2.75, 3.05) is 0 Å². The molecule has 0 spiro atoms. The molecule has 2 rings (SSSR count). The summed E-state index contributed by atoms with van der Waals surface area (Å²) < 4.78 is 1.99. The molecule has 1 atom stereocenters. The van der Waals surface area contributed by atoms with Crippen molar-refractivity contribution in [1.82, 2.24) is 4.34 Å². The van der Waals surface area contributed by atoms with Gasteiger partial charge < -0.3 is 9.23 Å². The highest BCUT2D eigenvalue weighted by Gasteiger charge is 2.25. The van der Waals surface area contributed by atoms with Crippen LogP contribution in [-0.4, -0.2) is 14.4 Å². The van der Waals surface area contributed by atoms with E-state index in [1.54, 1.807) is 0 Å². The Morgan fingerprint density at radius 3 is 2.47 bits per heavy atom. The van der Waals surface area contributed by atoms with Gasteiger partial charge in [0.15, 0.2) is 0 Å². The van der Waals surface area contributed by atoms with Gasteiger partial charge in [-0.1, -0.05) is 39.0 Å². The summed E-state index contributed by atoms with van der Waals surface area (Å²) in [4.78, 5) is 10.3. The van der Waals surface area contributed by atoms with E-state index in [0.717, 1.165) is 5.52 Å². The Morgan fingerprint density at radius 2 is 1.80 bits per heavy atom. The van der Waals surface area contributed by atoms with Crippen LogP contribution in [0.4, 0.5) is 0 Å². The summed E-state index contributed by atoms with van der Waals surface area (Å²) >= 11 is 0. The molecule has 0 aliphatic rings. The van der Waals surface area contributed by atoms with E-state index in [4.69, 9.17) is 0 Å². The van der Waals surface area contributed by atoms with Crippen LogP contribution in [0.2, 0.25) is 0 Å². The van der Waals surface area contributed by atoms with Crippen molar-refractivity contribution in [1.29, 1.82) is 0 Å². The van der Waals surface area contributed by atoms with Crippen molar-refractivity contribution in [2.24, 2.45) is 0 Å². The van der Waals surface area contributed by atoms with Crippen LogP contribution in [0.15, 0.2) is 36.5 Å². The third-order valence-electron chi connectivity index (χ3n) is 2.38. The van der Waals surface area contributed by atoms with E-state index in [0.29, 0.717) is 0 Å². The smallest absolute Gasteiger partial charge is 0.139 e. The molecule has 0 aliphatic heterocycles. The first-order valence-corrected chi connectivity index (χ1v) is 6.30. The summed E-state index contributed by atoms with van der Waals surface area (Å²) in [5, 5.41) is 1.10. The molecule has 1 heterocycles. The Morgan fingerprint density at radius 1 is 1.13 bits per heavy atom. The Balaban J connectivity index is 2.53. The molecule has 1 aromatic carbocycles. The van der Waals surface area contributed by atoms with Crippen molar-refractivity contribution in [3.63, 3.8) is 0 Å². The predicted molar refractivity (Wildman–Crippen MR) is 66.2 cm³/mol. The monoisotopic (exact) mass is 221 g/mol. The average molecular weight is 221 g/mol. The van der Waals surface area contributed by atoms with Crippen molar-refractivity contribution in [3.05, 3.63) is 36.5 Å². The number of fused-ring (bicyclic) bond motifs is 1. The van der Waals surface area contributed by atoms with Gasteiger partial charge in [-0.15, -0.1) is 0 Å². The van der Waals surface area contributed by atoms with E-state index in [1.165, 1.54) is 5.39 Å².